The average molecular weight is 546 g/mol. The predicted octanol–water partition coefficient (Wildman–Crippen LogP) is 6.78. The quantitative estimate of drug-likeness (QED) is 0.106. The average Bonchev–Trinajstić information content (AvgIpc) is 2.84. The molecule has 0 atom stereocenters. The molecule has 0 bridgehead atoms. The molecule has 0 aromatic rings. The van der Waals surface area contributed by atoms with Gasteiger partial charge in [-0.05, 0) is 105 Å². The molecule has 0 aliphatic heterocycles. The van der Waals surface area contributed by atoms with Crippen LogP contribution in [0.5, 0.6) is 0 Å². The van der Waals surface area contributed by atoms with Gasteiger partial charge in [-0.25, -0.2) is 0 Å². The van der Waals surface area contributed by atoms with Gasteiger partial charge in [0.05, 0.1) is 0 Å². The molecule has 0 unspecified atom stereocenters. The molecule has 0 spiro atoms. The van der Waals surface area contributed by atoms with Crippen molar-refractivity contribution in [2.24, 2.45) is 5.41 Å². The number of rotatable bonds is 27. The summed E-state index contributed by atoms with van der Waals surface area (Å²) in [6, 6.07) is 0.896. The van der Waals surface area contributed by atoms with Gasteiger partial charge in [0.1, 0.15) is 0 Å². The van der Waals surface area contributed by atoms with Crippen LogP contribution in [0.15, 0.2) is 0 Å². The summed E-state index contributed by atoms with van der Waals surface area (Å²) in [5, 5.41) is 0. The largest absolute Gasteiger partial charge is 0.500 e. The van der Waals surface area contributed by atoms with Crippen LogP contribution in [0.3, 0.4) is 0 Å². The molecule has 0 aliphatic rings. The Morgan fingerprint density at radius 2 is 0.730 bits per heavy atom. The first-order chi connectivity index (χ1) is 17.9. The molecule has 0 aromatic carbocycles. The molecule has 0 rings (SSSR count). The highest BCUT2D eigenvalue weighted by molar-refractivity contribution is 6.60. The first-order valence-corrected chi connectivity index (χ1v) is 17.9. The summed E-state index contributed by atoms with van der Waals surface area (Å²) >= 11 is 0. The van der Waals surface area contributed by atoms with Crippen molar-refractivity contribution in [3.05, 3.63) is 0 Å². The third-order valence-corrected chi connectivity index (χ3v) is 10.0. The van der Waals surface area contributed by atoms with Crippen molar-refractivity contribution in [2.45, 2.75) is 113 Å². The second kappa shape index (κ2) is 22.8. The van der Waals surface area contributed by atoms with E-state index in [1.54, 1.807) is 0 Å². The van der Waals surface area contributed by atoms with Crippen molar-refractivity contribution in [1.82, 2.24) is 14.7 Å². The Morgan fingerprint density at radius 3 is 0.946 bits per heavy atom. The first-order valence-electron chi connectivity index (χ1n) is 16.0. The first kappa shape index (κ1) is 37.0. The van der Waals surface area contributed by atoms with E-state index in [0.29, 0.717) is 19.8 Å². The van der Waals surface area contributed by atoms with Crippen LogP contribution in [0.25, 0.3) is 0 Å². The highest BCUT2D eigenvalue weighted by atomic mass is 28.4. The van der Waals surface area contributed by atoms with Crippen LogP contribution in [0.4, 0.5) is 0 Å². The maximum absolute atomic E-state index is 6.36. The number of nitrogens with zero attached hydrogens (tertiary/aromatic N) is 3. The van der Waals surface area contributed by atoms with Crippen LogP contribution in [0.2, 0.25) is 6.04 Å². The van der Waals surface area contributed by atoms with Crippen LogP contribution >= 0.6 is 0 Å². The van der Waals surface area contributed by atoms with E-state index < -0.39 is 8.80 Å². The van der Waals surface area contributed by atoms with Gasteiger partial charge in [-0.2, -0.15) is 0 Å². The van der Waals surface area contributed by atoms with E-state index >= 15 is 0 Å². The third-order valence-electron chi connectivity index (χ3n) is 6.97. The Hall–Kier alpha value is -0.0231. The van der Waals surface area contributed by atoms with Gasteiger partial charge in [-0.3, -0.25) is 0 Å². The second-order valence-electron chi connectivity index (χ2n) is 10.8. The lowest BCUT2D eigenvalue weighted by Crippen LogP contribution is -2.54. The van der Waals surface area contributed by atoms with Crippen LogP contribution in [0.1, 0.15) is 107 Å². The minimum atomic E-state index is -2.72. The van der Waals surface area contributed by atoms with Crippen molar-refractivity contribution in [1.29, 1.82) is 0 Å². The van der Waals surface area contributed by atoms with Crippen LogP contribution in [0, 0.1) is 5.41 Å². The van der Waals surface area contributed by atoms with Gasteiger partial charge in [0, 0.05) is 50.9 Å². The standard InChI is InChI=1S/C30H67N3O3Si/c1-10-20-31(21-11-2)27-30(28-32(22-12-3)23-13-4,29-33(24-14-5)25-15-6)19-26-37(34-16-7,35-17-8)36-18-9/h10-29H2,1-9H3. The van der Waals surface area contributed by atoms with Crippen LogP contribution in [-0.4, -0.2) is 102 Å². The molecule has 0 radical (unpaired) electrons. The highest BCUT2D eigenvalue weighted by Gasteiger charge is 2.45. The summed E-state index contributed by atoms with van der Waals surface area (Å²) in [6.07, 6.45) is 8.29. The zero-order valence-corrected chi connectivity index (χ0v) is 27.7. The van der Waals surface area contributed by atoms with Crippen LogP contribution in [-0.2, 0) is 13.3 Å². The Morgan fingerprint density at radius 1 is 0.459 bits per heavy atom. The van der Waals surface area contributed by atoms with Gasteiger partial charge >= 0.3 is 8.80 Å². The van der Waals surface area contributed by atoms with Crippen LogP contribution < -0.4 is 0 Å². The van der Waals surface area contributed by atoms with Gasteiger partial charge in [-0.15, -0.1) is 0 Å². The maximum atomic E-state index is 6.36. The summed E-state index contributed by atoms with van der Waals surface area (Å²) in [4.78, 5) is 8.24. The van der Waals surface area contributed by atoms with Crippen molar-refractivity contribution in [3.63, 3.8) is 0 Å². The summed E-state index contributed by atoms with van der Waals surface area (Å²) in [6.45, 7) is 32.5. The molecule has 0 N–H and O–H groups in total. The van der Waals surface area contributed by atoms with E-state index in [1.807, 2.05) is 0 Å². The molecule has 0 saturated heterocycles. The summed E-state index contributed by atoms with van der Waals surface area (Å²) in [7, 11) is -2.72. The SMILES string of the molecule is CCCN(CCC)CC(CC[Si](OCC)(OCC)OCC)(CN(CCC)CCC)CN(CCC)CCC. The minimum Gasteiger partial charge on any atom is -0.374 e. The van der Waals surface area contributed by atoms with E-state index in [4.69, 9.17) is 13.3 Å². The van der Waals surface area contributed by atoms with E-state index in [1.165, 1.54) is 77.8 Å². The molecule has 0 heterocycles. The lowest BCUT2D eigenvalue weighted by Gasteiger charge is -2.46. The molecular weight excluding hydrogens is 478 g/mol. The normalized spacial score (nSPS) is 13.0. The van der Waals surface area contributed by atoms with Gasteiger partial charge in [0.25, 0.3) is 0 Å². The lowest BCUT2D eigenvalue weighted by molar-refractivity contribution is 0.0344. The lowest BCUT2D eigenvalue weighted by atomic mass is 9.82. The molecule has 0 saturated carbocycles. The fraction of sp³-hybridized carbons (Fsp3) is 1.00. The zero-order valence-electron chi connectivity index (χ0n) is 26.7. The molecule has 0 fully saturated rings. The Kier molecular flexibility index (Phi) is 22.7. The van der Waals surface area contributed by atoms with E-state index in [-0.39, 0.29) is 5.41 Å². The monoisotopic (exact) mass is 545 g/mol. The molecule has 7 heteroatoms. The fourth-order valence-electron chi connectivity index (χ4n) is 5.94. The van der Waals surface area contributed by atoms with Crippen molar-refractivity contribution in [2.75, 3.05) is 78.7 Å². The summed E-state index contributed by atoms with van der Waals surface area (Å²) in [5.74, 6) is 0. The Balaban J connectivity index is 6.53. The number of hydrogen-bond acceptors (Lipinski definition) is 6. The molecule has 224 valence electrons. The topological polar surface area (TPSA) is 37.4 Å². The molecule has 37 heavy (non-hydrogen) atoms. The number of hydrogen-bond donors (Lipinski definition) is 0. The van der Waals surface area contributed by atoms with E-state index in [9.17, 15) is 0 Å². The second-order valence-corrected chi connectivity index (χ2v) is 13.5. The highest BCUT2D eigenvalue weighted by Crippen LogP contribution is 2.34. The molecular formula is C30H67N3O3Si. The molecule has 0 aromatic heterocycles. The van der Waals surface area contributed by atoms with Gasteiger partial charge in [-0.1, -0.05) is 41.5 Å². The van der Waals surface area contributed by atoms with Gasteiger partial charge in [0.15, 0.2) is 0 Å². The van der Waals surface area contributed by atoms with E-state index in [0.717, 1.165) is 32.1 Å². The maximum Gasteiger partial charge on any atom is 0.500 e. The summed E-state index contributed by atoms with van der Waals surface area (Å²) < 4.78 is 19.1. The molecule has 0 aliphatic carbocycles. The Bertz CT molecular complexity index is 432. The minimum absolute atomic E-state index is 0.141. The Labute approximate surface area is 234 Å². The smallest absolute Gasteiger partial charge is 0.374 e. The molecule has 6 nitrogen and oxygen atoms in total. The van der Waals surface area contributed by atoms with Crippen molar-refractivity contribution in [3.8, 4) is 0 Å². The van der Waals surface area contributed by atoms with E-state index in [2.05, 4.69) is 77.0 Å². The zero-order chi connectivity index (χ0) is 28.0. The fourth-order valence-corrected chi connectivity index (χ4v) is 8.78. The van der Waals surface area contributed by atoms with Gasteiger partial charge in [0.2, 0.25) is 0 Å². The predicted molar refractivity (Wildman–Crippen MR) is 164 cm³/mol. The van der Waals surface area contributed by atoms with Crippen molar-refractivity contribution >= 4 is 8.80 Å². The van der Waals surface area contributed by atoms with Crippen molar-refractivity contribution < 1.29 is 13.3 Å². The molecule has 0 amide bonds. The summed E-state index contributed by atoms with van der Waals surface area (Å²) in [5.41, 5.74) is 0.141. The third kappa shape index (κ3) is 15.4. The van der Waals surface area contributed by atoms with Gasteiger partial charge < -0.3 is 28.0 Å².